The average Bonchev–Trinajstić information content (AvgIpc) is 3.07. The van der Waals surface area contributed by atoms with Crippen LogP contribution >= 0.6 is 11.5 Å². The minimum atomic E-state index is 0.296. The van der Waals surface area contributed by atoms with Crippen LogP contribution in [0.25, 0.3) is 0 Å². The van der Waals surface area contributed by atoms with Gasteiger partial charge < -0.3 is 10.0 Å². The van der Waals surface area contributed by atoms with Crippen molar-refractivity contribution >= 4 is 16.7 Å². The second-order valence-electron chi connectivity index (χ2n) is 4.85. The largest absolute Gasteiger partial charge is 0.396 e. The van der Waals surface area contributed by atoms with E-state index in [9.17, 15) is 5.11 Å². The molecule has 1 aromatic rings. The van der Waals surface area contributed by atoms with Gasteiger partial charge in [0, 0.05) is 37.1 Å². The smallest absolute Gasteiger partial charge is 0.205 e. The zero-order valence-corrected chi connectivity index (χ0v) is 10.1. The van der Waals surface area contributed by atoms with E-state index in [4.69, 9.17) is 0 Å². The normalized spacial score (nSPS) is 26.1. The topological polar surface area (TPSA) is 49.2 Å². The van der Waals surface area contributed by atoms with Crippen molar-refractivity contribution in [2.45, 2.75) is 31.6 Å². The Morgan fingerprint density at radius 3 is 3.00 bits per heavy atom. The molecule has 1 unspecified atom stereocenters. The number of hydrogen-bond acceptors (Lipinski definition) is 5. The maximum atomic E-state index is 9.20. The first-order valence-electron chi connectivity index (χ1n) is 6.06. The van der Waals surface area contributed by atoms with Crippen molar-refractivity contribution in [2.24, 2.45) is 5.92 Å². The first-order chi connectivity index (χ1) is 7.86. The van der Waals surface area contributed by atoms with Gasteiger partial charge in [-0.05, 0) is 31.6 Å². The fraction of sp³-hybridized carbons (Fsp3) is 0.818. The van der Waals surface area contributed by atoms with E-state index in [-0.39, 0.29) is 0 Å². The molecule has 4 nitrogen and oxygen atoms in total. The maximum Gasteiger partial charge on any atom is 0.205 e. The van der Waals surface area contributed by atoms with Gasteiger partial charge in [0.15, 0.2) is 0 Å². The Balaban J connectivity index is 1.70. The lowest BCUT2D eigenvalue weighted by Crippen LogP contribution is -2.36. The number of aliphatic hydroxyl groups excluding tert-OH is 1. The van der Waals surface area contributed by atoms with Crippen LogP contribution in [-0.2, 0) is 0 Å². The number of aliphatic hydroxyl groups is 1. The Bertz CT molecular complexity index is 364. The standard InChI is InChI=1S/C11H17N3OS/c15-7-8-2-1-5-14(6-8)11-12-10(13-16-11)9-3-4-9/h8-9,15H,1-7H2. The molecular weight excluding hydrogens is 222 g/mol. The highest BCUT2D eigenvalue weighted by atomic mass is 32.1. The summed E-state index contributed by atoms with van der Waals surface area (Å²) in [6, 6.07) is 0. The fourth-order valence-corrected chi connectivity index (χ4v) is 3.03. The highest BCUT2D eigenvalue weighted by Gasteiger charge is 2.29. The summed E-state index contributed by atoms with van der Waals surface area (Å²) in [6.07, 6.45) is 4.82. The van der Waals surface area contributed by atoms with E-state index >= 15 is 0 Å². The van der Waals surface area contributed by atoms with E-state index < -0.39 is 0 Å². The van der Waals surface area contributed by atoms with Crippen LogP contribution in [0, 0.1) is 5.92 Å². The number of hydrogen-bond donors (Lipinski definition) is 1. The molecule has 0 aromatic carbocycles. The van der Waals surface area contributed by atoms with Crippen molar-refractivity contribution in [3.8, 4) is 0 Å². The second kappa shape index (κ2) is 4.30. The molecule has 0 bridgehead atoms. The third kappa shape index (κ3) is 2.06. The predicted molar refractivity (Wildman–Crippen MR) is 63.9 cm³/mol. The van der Waals surface area contributed by atoms with Gasteiger partial charge in [-0.15, -0.1) is 0 Å². The van der Waals surface area contributed by atoms with Crippen LogP contribution in [0.1, 0.15) is 37.4 Å². The Kier molecular flexibility index (Phi) is 2.81. The zero-order valence-electron chi connectivity index (χ0n) is 9.30. The molecule has 1 saturated carbocycles. The molecule has 16 heavy (non-hydrogen) atoms. The molecule has 3 rings (SSSR count). The molecule has 88 valence electrons. The van der Waals surface area contributed by atoms with Crippen LogP contribution in [0.4, 0.5) is 5.13 Å². The number of nitrogens with zero attached hydrogens (tertiary/aromatic N) is 3. The van der Waals surface area contributed by atoms with Crippen LogP contribution in [-0.4, -0.2) is 34.2 Å². The van der Waals surface area contributed by atoms with Crippen molar-refractivity contribution < 1.29 is 5.11 Å². The summed E-state index contributed by atoms with van der Waals surface area (Å²) in [5.41, 5.74) is 0. The van der Waals surface area contributed by atoms with E-state index in [2.05, 4.69) is 14.3 Å². The van der Waals surface area contributed by atoms with Gasteiger partial charge in [0.05, 0.1) is 0 Å². The summed E-state index contributed by atoms with van der Waals surface area (Å²) >= 11 is 1.52. The Morgan fingerprint density at radius 2 is 2.25 bits per heavy atom. The predicted octanol–water partition coefficient (Wildman–Crippen LogP) is 1.62. The Morgan fingerprint density at radius 1 is 1.38 bits per heavy atom. The molecule has 1 aliphatic heterocycles. The summed E-state index contributed by atoms with van der Waals surface area (Å²) in [5.74, 6) is 2.11. The van der Waals surface area contributed by atoms with E-state index in [1.165, 1.54) is 24.4 Å². The molecule has 1 N–H and O–H groups in total. The quantitative estimate of drug-likeness (QED) is 0.871. The summed E-state index contributed by atoms with van der Waals surface area (Å²) in [6.45, 7) is 2.30. The van der Waals surface area contributed by atoms with E-state index in [1.54, 1.807) is 0 Å². The lowest BCUT2D eigenvalue weighted by molar-refractivity contribution is 0.208. The monoisotopic (exact) mass is 239 g/mol. The van der Waals surface area contributed by atoms with Gasteiger partial charge in [-0.3, -0.25) is 0 Å². The minimum Gasteiger partial charge on any atom is -0.396 e. The highest BCUT2D eigenvalue weighted by molar-refractivity contribution is 7.09. The number of anilines is 1. The summed E-state index contributed by atoms with van der Waals surface area (Å²) < 4.78 is 4.43. The molecule has 1 saturated heterocycles. The van der Waals surface area contributed by atoms with Gasteiger partial charge in [-0.1, -0.05) is 0 Å². The first-order valence-corrected chi connectivity index (χ1v) is 6.83. The molecule has 2 heterocycles. The maximum absolute atomic E-state index is 9.20. The molecule has 1 aromatic heterocycles. The Hall–Kier alpha value is -0.680. The molecule has 0 spiro atoms. The third-order valence-corrected chi connectivity index (χ3v) is 4.21. The van der Waals surface area contributed by atoms with Gasteiger partial charge in [-0.2, -0.15) is 4.37 Å². The number of aromatic nitrogens is 2. The molecule has 2 fully saturated rings. The van der Waals surface area contributed by atoms with Crippen LogP contribution < -0.4 is 4.90 Å². The second-order valence-corrected chi connectivity index (χ2v) is 5.58. The molecule has 0 amide bonds. The average molecular weight is 239 g/mol. The van der Waals surface area contributed by atoms with E-state index in [1.807, 2.05) is 0 Å². The third-order valence-electron chi connectivity index (χ3n) is 3.42. The molecule has 1 aliphatic carbocycles. The van der Waals surface area contributed by atoms with Gasteiger partial charge in [0.25, 0.3) is 0 Å². The van der Waals surface area contributed by atoms with Crippen LogP contribution in [0.5, 0.6) is 0 Å². The van der Waals surface area contributed by atoms with E-state index in [0.717, 1.165) is 36.9 Å². The van der Waals surface area contributed by atoms with Crippen molar-refractivity contribution in [1.82, 2.24) is 9.36 Å². The lowest BCUT2D eigenvalue weighted by Gasteiger charge is -2.31. The number of piperidine rings is 1. The zero-order chi connectivity index (χ0) is 11.0. The van der Waals surface area contributed by atoms with Crippen molar-refractivity contribution in [3.63, 3.8) is 0 Å². The lowest BCUT2D eigenvalue weighted by atomic mass is 10.00. The van der Waals surface area contributed by atoms with Gasteiger partial charge in [-0.25, -0.2) is 4.98 Å². The van der Waals surface area contributed by atoms with Crippen LogP contribution in [0.2, 0.25) is 0 Å². The minimum absolute atomic E-state index is 0.296. The summed E-state index contributed by atoms with van der Waals surface area (Å²) in [5, 5.41) is 10.3. The van der Waals surface area contributed by atoms with Crippen molar-refractivity contribution in [3.05, 3.63) is 5.82 Å². The van der Waals surface area contributed by atoms with Crippen molar-refractivity contribution in [2.75, 3.05) is 24.6 Å². The molecular formula is C11H17N3OS. The molecule has 5 heteroatoms. The summed E-state index contributed by atoms with van der Waals surface area (Å²) in [4.78, 5) is 6.90. The molecule has 0 radical (unpaired) electrons. The van der Waals surface area contributed by atoms with Gasteiger partial charge >= 0.3 is 0 Å². The summed E-state index contributed by atoms with van der Waals surface area (Å²) in [7, 11) is 0. The number of rotatable bonds is 3. The molecule has 1 atom stereocenters. The first kappa shape index (κ1) is 10.5. The van der Waals surface area contributed by atoms with Gasteiger partial charge in [0.2, 0.25) is 5.13 Å². The SMILES string of the molecule is OCC1CCCN(c2nc(C3CC3)ns2)C1. The van der Waals surface area contributed by atoms with Gasteiger partial charge in [0.1, 0.15) is 5.82 Å². The van der Waals surface area contributed by atoms with Crippen LogP contribution in [0.3, 0.4) is 0 Å². The molecule has 2 aliphatic rings. The van der Waals surface area contributed by atoms with Crippen LogP contribution in [0.15, 0.2) is 0 Å². The fourth-order valence-electron chi connectivity index (χ4n) is 2.25. The van der Waals surface area contributed by atoms with E-state index in [0.29, 0.717) is 18.4 Å². The highest BCUT2D eigenvalue weighted by Crippen LogP contribution is 2.40. The van der Waals surface area contributed by atoms with Crippen molar-refractivity contribution in [1.29, 1.82) is 0 Å². The Labute approximate surface area is 99.5 Å².